The molecule has 1 heterocycles. The first kappa shape index (κ1) is 15.8. The molecular formula is C16H20N4O2. The third kappa shape index (κ3) is 4.44. The number of unbranched alkanes of at least 4 members (excludes halogenated alkanes) is 1. The number of ether oxygens (including phenoxy) is 1. The van der Waals surface area contributed by atoms with Crippen molar-refractivity contribution in [1.29, 1.82) is 0 Å². The zero-order valence-corrected chi connectivity index (χ0v) is 12.8. The van der Waals surface area contributed by atoms with Crippen LogP contribution in [0.4, 0.5) is 11.5 Å². The number of carbonyl (C=O) groups excluding carboxylic acids is 1. The Morgan fingerprint density at radius 3 is 2.50 bits per heavy atom. The van der Waals surface area contributed by atoms with Crippen LogP contribution in [0.2, 0.25) is 0 Å². The lowest BCUT2D eigenvalue weighted by molar-refractivity contribution is 0.0947. The van der Waals surface area contributed by atoms with E-state index in [0.29, 0.717) is 18.1 Å². The molecule has 0 bridgehead atoms. The summed E-state index contributed by atoms with van der Waals surface area (Å²) >= 11 is 0. The number of hydrogen-bond acceptors (Lipinski definition) is 5. The van der Waals surface area contributed by atoms with Crippen LogP contribution in [-0.4, -0.2) is 29.8 Å². The van der Waals surface area contributed by atoms with Crippen molar-refractivity contribution in [3.8, 4) is 5.75 Å². The molecule has 0 atom stereocenters. The van der Waals surface area contributed by atoms with E-state index < -0.39 is 0 Å². The predicted octanol–water partition coefficient (Wildman–Crippen LogP) is 2.76. The molecule has 0 aliphatic rings. The predicted molar refractivity (Wildman–Crippen MR) is 85.5 cm³/mol. The van der Waals surface area contributed by atoms with Gasteiger partial charge in [0.15, 0.2) is 11.5 Å². The summed E-state index contributed by atoms with van der Waals surface area (Å²) in [5.74, 6) is 1.17. The van der Waals surface area contributed by atoms with Gasteiger partial charge in [-0.2, -0.15) is 0 Å². The Bertz CT molecular complexity index is 597. The second-order valence-electron chi connectivity index (χ2n) is 4.77. The molecule has 0 aliphatic carbocycles. The van der Waals surface area contributed by atoms with Crippen molar-refractivity contribution in [3.05, 3.63) is 42.1 Å². The summed E-state index contributed by atoms with van der Waals surface area (Å²) in [6.45, 7) is 2.73. The number of methoxy groups -OCH3 is 1. The van der Waals surface area contributed by atoms with Gasteiger partial charge in [-0.15, -0.1) is 10.2 Å². The molecule has 2 rings (SSSR count). The van der Waals surface area contributed by atoms with Crippen molar-refractivity contribution in [3.63, 3.8) is 0 Å². The lowest BCUT2D eigenvalue weighted by Crippen LogP contribution is -2.25. The Balaban J connectivity index is 1.94. The quantitative estimate of drug-likeness (QED) is 0.769. The normalized spacial score (nSPS) is 10.1. The Morgan fingerprint density at radius 2 is 1.91 bits per heavy atom. The van der Waals surface area contributed by atoms with E-state index in [1.165, 1.54) is 0 Å². The van der Waals surface area contributed by atoms with E-state index in [0.717, 1.165) is 24.3 Å². The summed E-state index contributed by atoms with van der Waals surface area (Å²) in [6, 6.07) is 10.8. The zero-order valence-electron chi connectivity index (χ0n) is 12.8. The van der Waals surface area contributed by atoms with E-state index in [1.807, 2.05) is 24.3 Å². The summed E-state index contributed by atoms with van der Waals surface area (Å²) in [5.41, 5.74) is 1.19. The van der Waals surface area contributed by atoms with Crippen LogP contribution in [0.5, 0.6) is 5.75 Å². The third-order valence-corrected chi connectivity index (χ3v) is 3.08. The maximum atomic E-state index is 11.8. The summed E-state index contributed by atoms with van der Waals surface area (Å²) < 4.78 is 5.10. The number of carbonyl (C=O) groups is 1. The van der Waals surface area contributed by atoms with Crippen LogP contribution in [0, 0.1) is 0 Å². The molecule has 0 saturated carbocycles. The SMILES string of the molecule is CCCCNC(=O)c1ccc(Nc2ccc(OC)cc2)nn1. The van der Waals surface area contributed by atoms with Gasteiger partial charge in [-0.25, -0.2) is 0 Å². The molecule has 2 aromatic rings. The molecule has 1 aromatic heterocycles. The average Bonchev–Trinajstić information content (AvgIpc) is 2.56. The smallest absolute Gasteiger partial charge is 0.271 e. The van der Waals surface area contributed by atoms with Crippen LogP contribution < -0.4 is 15.4 Å². The molecule has 2 N–H and O–H groups in total. The number of hydrogen-bond donors (Lipinski definition) is 2. The molecule has 0 fully saturated rings. The molecule has 0 radical (unpaired) electrons. The molecule has 116 valence electrons. The first-order chi connectivity index (χ1) is 10.7. The summed E-state index contributed by atoms with van der Waals surface area (Å²) in [6.07, 6.45) is 1.99. The monoisotopic (exact) mass is 300 g/mol. The average molecular weight is 300 g/mol. The molecular weight excluding hydrogens is 280 g/mol. The van der Waals surface area contributed by atoms with E-state index in [1.54, 1.807) is 19.2 Å². The van der Waals surface area contributed by atoms with Crippen molar-refractivity contribution >= 4 is 17.4 Å². The van der Waals surface area contributed by atoms with Crippen LogP contribution >= 0.6 is 0 Å². The molecule has 1 amide bonds. The maximum Gasteiger partial charge on any atom is 0.271 e. The van der Waals surface area contributed by atoms with Gasteiger partial charge in [-0.1, -0.05) is 13.3 Å². The van der Waals surface area contributed by atoms with Crippen LogP contribution in [0.1, 0.15) is 30.3 Å². The second kappa shape index (κ2) is 7.97. The molecule has 22 heavy (non-hydrogen) atoms. The molecule has 0 saturated heterocycles. The summed E-state index contributed by atoms with van der Waals surface area (Å²) in [7, 11) is 1.62. The van der Waals surface area contributed by atoms with Gasteiger partial charge in [0, 0.05) is 12.2 Å². The molecule has 6 heteroatoms. The molecule has 0 aliphatic heterocycles. The number of rotatable bonds is 7. The van der Waals surface area contributed by atoms with E-state index >= 15 is 0 Å². The molecule has 0 unspecified atom stereocenters. The summed E-state index contributed by atoms with van der Waals surface area (Å²) in [5, 5.41) is 13.9. The first-order valence-electron chi connectivity index (χ1n) is 7.26. The number of amides is 1. The van der Waals surface area contributed by atoms with Gasteiger partial charge in [0.1, 0.15) is 5.75 Å². The van der Waals surface area contributed by atoms with Crippen molar-refractivity contribution in [2.24, 2.45) is 0 Å². The highest BCUT2D eigenvalue weighted by Gasteiger charge is 2.07. The number of benzene rings is 1. The van der Waals surface area contributed by atoms with Gasteiger partial charge in [0.05, 0.1) is 7.11 Å². The van der Waals surface area contributed by atoms with Gasteiger partial charge < -0.3 is 15.4 Å². The highest BCUT2D eigenvalue weighted by molar-refractivity contribution is 5.92. The van der Waals surface area contributed by atoms with E-state index in [2.05, 4.69) is 27.8 Å². The third-order valence-electron chi connectivity index (χ3n) is 3.08. The largest absolute Gasteiger partial charge is 0.497 e. The van der Waals surface area contributed by atoms with Gasteiger partial charge in [-0.05, 0) is 42.8 Å². The Morgan fingerprint density at radius 1 is 1.14 bits per heavy atom. The van der Waals surface area contributed by atoms with E-state index in [9.17, 15) is 4.79 Å². The van der Waals surface area contributed by atoms with Crippen molar-refractivity contribution in [1.82, 2.24) is 15.5 Å². The number of nitrogens with one attached hydrogen (secondary N) is 2. The number of nitrogens with zero attached hydrogens (tertiary/aromatic N) is 2. The van der Waals surface area contributed by atoms with E-state index in [-0.39, 0.29) is 5.91 Å². The fourth-order valence-electron chi connectivity index (χ4n) is 1.81. The highest BCUT2D eigenvalue weighted by atomic mass is 16.5. The Hall–Kier alpha value is -2.63. The molecule has 0 spiro atoms. The van der Waals surface area contributed by atoms with Crippen LogP contribution in [0.25, 0.3) is 0 Å². The first-order valence-corrected chi connectivity index (χ1v) is 7.26. The maximum absolute atomic E-state index is 11.8. The van der Waals surface area contributed by atoms with Crippen molar-refractivity contribution < 1.29 is 9.53 Å². The number of anilines is 2. The topological polar surface area (TPSA) is 76.1 Å². The minimum absolute atomic E-state index is 0.197. The Labute approximate surface area is 129 Å². The standard InChI is InChI=1S/C16H20N4O2/c1-3-4-11-17-16(21)14-9-10-15(20-19-14)18-12-5-7-13(22-2)8-6-12/h5-10H,3-4,11H2,1-2H3,(H,17,21)(H,18,20). The molecule has 1 aromatic carbocycles. The lowest BCUT2D eigenvalue weighted by atomic mass is 10.3. The minimum atomic E-state index is -0.197. The van der Waals surface area contributed by atoms with Gasteiger partial charge in [0.25, 0.3) is 5.91 Å². The second-order valence-corrected chi connectivity index (χ2v) is 4.77. The minimum Gasteiger partial charge on any atom is -0.497 e. The lowest BCUT2D eigenvalue weighted by Gasteiger charge is -2.07. The van der Waals surface area contributed by atoms with Gasteiger partial charge in [0.2, 0.25) is 0 Å². The van der Waals surface area contributed by atoms with Gasteiger partial charge in [-0.3, -0.25) is 4.79 Å². The van der Waals surface area contributed by atoms with Crippen LogP contribution in [-0.2, 0) is 0 Å². The highest BCUT2D eigenvalue weighted by Crippen LogP contribution is 2.18. The van der Waals surface area contributed by atoms with Crippen LogP contribution in [0.3, 0.4) is 0 Å². The number of aromatic nitrogens is 2. The van der Waals surface area contributed by atoms with E-state index in [4.69, 9.17) is 4.74 Å². The summed E-state index contributed by atoms with van der Waals surface area (Å²) in [4.78, 5) is 11.8. The fraction of sp³-hybridized carbons (Fsp3) is 0.312. The Kier molecular flexibility index (Phi) is 5.71. The zero-order chi connectivity index (χ0) is 15.8. The van der Waals surface area contributed by atoms with Gasteiger partial charge >= 0.3 is 0 Å². The van der Waals surface area contributed by atoms with Crippen molar-refractivity contribution in [2.75, 3.05) is 19.0 Å². The molecule has 6 nitrogen and oxygen atoms in total. The van der Waals surface area contributed by atoms with Crippen LogP contribution in [0.15, 0.2) is 36.4 Å². The van der Waals surface area contributed by atoms with Crippen molar-refractivity contribution in [2.45, 2.75) is 19.8 Å². The fourth-order valence-corrected chi connectivity index (χ4v) is 1.81.